The maximum atomic E-state index is 13.1. The van der Waals surface area contributed by atoms with E-state index in [1.165, 1.54) is 6.07 Å². The molecule has 1 amide bonds. The van der Waals surface area contributed by atoms with Gasteiger partial charge in [0.15, 0.2) is 0 Å². The van der Waals surface area contributed by atoms with Crippen molar-refractivity contribution in [1.29, 1.82) is 0 Å². The van der Waals surface area contributed by atoms with Gasteiger partial charge in [0.1, 0.15) is 11.6 Å². The zero-order valence-corrected chi connectivity index (χ0v) is 11.1. The summed E-state index contributed by atoms with van der Waals surface area (Å²) in [7, 11) is 0. The van der Waals surface area contributed by atoms with Crippen LogP contribution in [0.1, 0.15) is 37.6 Å². The van der Waals surface area contributed by atoms with Crippen LogP contribution in [0.5, 0.6) is 0 Å². The predicted octanol–water partition coefficient (Wildman–Crippen LogP) is 2.43. The van der Waals surface area contributed by atoms with Crippen LogP contribution in [0.2, 0.25) is 0 Å². The Balaban J connectivity index is 2.79. The van der Waals surface area contributed by atoms with Crippen LogP contribution in [-0.2, 0) is 0 Å². The number of carbonyl (C=O) groups excluding carboxylic acids is 1. The van der Waals surface area contributed by atoms with E-state index in [9.17, 15) is 9.18 Å². The van der Waals surface area contributed by atoms with Gasteiger partial charge in [-0.2, -0.15) is 0 Å². The van der Waals surface area contributed by atoms with E-state index >= 15 is 0 Å². The highest BCUT2D eigenvalue weighted by molar-refractivity contribution is 5.98. The molecule has 1 rings (SSSR count). The monoisotopic (exact) mass is 253 g/mol. The molecule has 100 valence electrons. The lowest BCUT2D eigenvalue weighted by Crippen LogP contribution is -2.29. The average Bonchev–Trinajstić information content (AvgIpc) is 2.37. The van der Waals surface area contributed by atoms with E-state index in [0.29, 0.717) is 24.8 Å². The maximum absolute atomic E-state index is 13.1. The fraction of sp³-hybridized carbons (Fsp3) is 0.538. The number of rotatable bonds is 6. The molecule has 0 radical (unpaired) electrons. The number of hydrogen-bond acceptors (Lipinski definition) is 3. The molecule has 1 unspecified atom stereocenters. The molecule has 4 nitrogen and oxygen atoms in total. The number of pyridine rings is 1. The van der Waals surface area contributed by atoms with E-state index in [1.807, 2.05) is 6.92 Å². The number of amides is 1. The largest absolute Gasteiger partial charge is 0.370 e. The Morgan fingerprint density at radius 1 is 1.50 bits per heavy atom. The van der Waals surface area contributed by atoms with Gasteiger partial charge in [-0.25, -0.2) is 9.37 Å². The van der Waals surface area contributed by atoms with Crippen LogP contribution in [0.15, 0.2) is 12.3 Å². The van der Waals surface area contributed by atoms with Crippen LogP contribution in [0.4, 0.5) is 10.2 Å². The highest BCUT2D eigenvalue weighted by Crippen LogP contribution is 2.13. The molecule has 18 heavy (non-hydrogen) atoms. The molecule has 5 heteroatoms. The minimum Gasteiger partial charge on any atom is -0.370 e. The summed E-state index contributed by atoms with van der Waals surface area (Å²) in [6, 6.07) is 1.21. The van der Waals surface area contributed by atoms with Gasteiger partial charge in [0.05, 0.1) is 11.8 Å². The van der Waals surface area contributed by atoms with Gasteiger partial charge in [0, 0.05) is 13.1 Å². The molecule has 1 heterocycles. The van der Waals surface area contributed by atoms with Crippen LogP contribution in [0, 0.1) is 11.7 Å². The zero-order valence-electron chi connectivity index (χ0n) is 11.1. The quantitative estimate of drug-likeness (QED) is 0.818. The van der Waals surface area contributed by atoms with Crippen molar-refractivity contribution < 1.29 is 9.18 Å². The van der Waals surface area contributed by atoms with Crippen molar-refractivity contribution in [3.05, 3.63) is 23.6 Å². The SMILES string of the molecule is CCNc1ncc(F)cc1C(=O)NCC(C)CC. The second-order valence-electron chi connectivity index (χ2n) is 4.30. The van der Waals surface area contributed by atoms with Gasteiger partial charge in [0.2, 0.25) is 0 Å². The third kappa shape index (κ3) is 3.98. The van der Waals surface area contributed by atoms with Gasteiger partial charge >= 0.3 is 0 Å². The maximum Gasteiger partial charge on any atom is 0.255 e. The smallest absolute Gasteiger partial charge is 0.255 e. The van der Waals surface area contributed by atoms with Crippen molar-refractivity contribution in [2.75, 3.05) is 18.4 Å². The number of anilines is 1. The Hall–Kier alpha value is -1.65. The van der Waals surface area contributed by atoms with Crippen LogP contribution < -0.4 is 10.6 Å². The van der Waals surface area contributed by atoms with Crippen LogP contribution >= 0.6 is 0 Å². The van der Waals surface area contributed by atoms with E-state index in [4.69, 9.17) is 0 Å². The minimum absolute atomic E-state index is 0.250. The van der Waals surface area contributed by atoms with E-state index in [-0.39, 0.29) is 11.5 Å². The number of nitrogens with one attached hydrogen (secondary N) is 2. The highest BCUT2D eigenvalue weighted by Gasteiger charge is 2.14. The highest BCUT2D eigenvalue weighted by atomic mass is 19.1. The van der Waals surface area contributed by atoms with Gasteiger partial charge in [-0.15, -0.1) is 0 Å². The van der Waals surface area contributed by atoms with Crippen molar-refractivity contribution in [2.45, 2.75) is 27.2 Å². The molecular formula is C13H20FN3O. The van der Waals surface area contributed by atoms with Crippen LogP contribution in [0.25, 0.3) is 0 Å². The molecular weight excluding hydrogens is 233 g/mol. The molecule has 1 aromatic heterocycles. The number of nitrogens with zero attached hydrogens (tertiary/aromatic N) is 1. The molecule has 1 atom stereocenters. The zero-order chi connectivity index (χ0) is 13.5. The average molecular weight is 253 g/mol. The molecule has 0 fully saturated rings. The summed E-state index contributed by atoms with van der Waals surface area (Å²) in [5.74, 6) is 0.0159. The van der Waals surface area contributed by atoms with Crippen molar-refractivity contribution in [1.82, 2.24) is 10.3 Å². The fourth-order valence-electron chi connectivity index (χ4n) is 1.43. The second kappa shape index (κ2) is 6.93. The van der Waals surface area contributed by atoms with Crippen molar-refractivity contribution in [3.63, 3.8) is 0 Å². The number of halogens is 1. The molecule has 0 aliphatic carbocycles. The second-order valence-corrected chi connectivity index (χ2v) is 4.30. The Kier molecular flexibility index (Phi) is 5.55. The summed E-state index contributed by atoms with van der Waals surface area (Å²) in [6.07, 6.45) is 2.09. The summed E-state index contributed by atoms with van der Waals surface area (Å²) >= 11 is 0. The van der Waals surface area contributed by atoms with Crippen molar-refractivity contribution >= 4 is 11.7 Å². The third-order valence-electron chi connectivity index (χ3n) is 2.75. The molecule has 2 N–H and O–H groups in total. The molecule has 0 aromatic carbocycles. The molecule has 0 spiro atoms. The lowest BCUT2D eigenvalue weighted by Gasteiger charge is -2.12. The first-order valence-corrected chi connectivity index (χ1v) is 6.26. The van der Waals surface area contributed by atoms with Gasteiger partial charge in [-0.3, -0.25) is 4.79 Å². The summed E-state index contributed by atoms with van der Waals surface area (Å²) < 4.78 is 13.1. The molecule has 0 bridgehead atoms. The van der Waals surface area contributed by atoms with E-state index in [0.717, 1.165) is 12.6 Å². The third-order valence-corrected chi connectivity index (χ3v) is 2.75. The molecule has 1 aromatic rings. The molecule has 0 saturated carbocycles. The molecule has 0 saturated heterocycles. The summed E-state index contributed by atoms with van der Waals surface area (Å²) in [4.78, 5) is 15.8. The van der Waals surface area contributed by atoms with E-state index in [2.05, 4.69) is 29.5 Å². The number of carbonyl (C=O) groups is 1. The van der Waals surface area contributed by atoms with Crippen molar-refractivity contribution in [3.8, 4) is 0 Å². The fourth-order valence-corrected chi connectivity index (χ4v) is 1.43. The Morgan fingerprint density at radius 2 is 2.22 bits per heavy atom. The topological polar surface area (TPSA) is 54.0 Å². The van der Waals surface area contributed by atoms with E-state index < -0.39 is 5.82 Å². The number of aromatic nitrogens is 1. The van der Waals surface area contributed by atoms with Crippen LogP contribution in [-0.4, -0.2) is 24.0 Å². The Morgan fingerprint density at radius 3 is 2.83 bits per heavy atom. The standard InChI is InChI=1S/C13H20FN3O/c1-4-9(3)7-17-13(18)11-6-10(14)8-16-12(11)15-5-2/h6,8-9H,4-5,7H2,1-3H3,(H,15,16)(H,17,18). The van der Waals surface area contributed by atoms with Crippen molar-refractivity contribution in [2.24, 2.45) is 5.92 Å². The Bertz CT molecular complexity index is 409. The van der Waals surface area contributed by atoms with Crippen LogP contribution in [0.3, 0.4) is 0 Å². The normalized spacial score (nSPS) is 12.0. The summed E-state index contributed by atoms with van der Waals surface area (Å²) in [6.45, 7) is 7.22. The van der Waals surface area contributed by atoms with Gasteiger partial charge in [-0.05, 0) is 18.9 Å². The van der Waals surface area contributed by atoms with Gasteiger partial charge in [0.25, 0.3) is 5.91 Å². The first kappa shape index (κ1) is 14.4. The van der Waals surface area contributed by atoms with E-state index in [1.54, 1.807) is 0 Å². The lowest BCUT2D eigenvalue weighted by atomic mass is 10.1. The first-order valence-electron chi connectivity index (χ1n) is 6.26. The molecule has 0 aliphatic heterocycles. The first-order chi connectivity index (χ1) is 8.58. The predicted molar refractivity (Wildman–Crippen MR) is 70.1 cm³/mol. The molecule has 0 aliphatic rings. The summed E-state index contributed by atoms with van der Waals surface area (Å²) in [5.41, 5.74) is 0.250. The lowest BCUT2D eigenvalue weighted by molar-refractivity contribution is 0.0948. The Labute approximate surface area is 107 Å². The van der Waals surface area contributed by atoms with Gasteiger partial charge < -0.3 is 10.6 Å². The van der Waals surface area contributed by atoms with Gasteiger partial charge in [-0.1, -0.05) is 20.3 Å². The number of hydrogen-bond donors (Lipinski definition) is 2. The summed E-state index contributed by atoms with van der Waals surface area (Å²) in [5, 5.41) is 5.74. The minimum atomic E-state index is -0.509.